The normalized spacial score (nSPS) is 17.0. The second kappa shape index (κ2) is 32.8. The number of aryl methyl sites for hydroxylation is 1. The first-order chi connectivity index (χ1) is 38.7. The van der Waals surface area contributed by atoms with Gasteiger partial charge < -0.3 is 28.4 Å². The summed E-state index contributed by atoms with van der Waals surface area (Å²) in [4.78, 5) is 49.0. The van der Waals surface area contributed by atoms with Gasteiger partial charge in [-0.25, -0.2) is 9.59 Å². The molecule has 5 aromatic rings. The van der Waals surface area contributed by atoms with E-state index in [4.69, 9.17) is 28.4 Å². The molecule has 7 rings (SSSR count). The van der Waals surface area contributed by atoms with Gasteiger partial charge in [0.05, 0.1) is 26.4 Å². The average molecular weight is 1070 g/mol. The highest BCUT2D eigenvalue weighted by atomic mass is 16.6. The molecule has 2 saturated carbocycles. The molecule has 0 bridgehead atoms. The molecular weight excluding hydrogens is 989 g/mol. The van der Waals surface area contributed by atoms with E-state index in [0.29, 0.717) is 74.4 Å². The van der Waals surface area contributed by atoms with Crippen LogP contribution in [0, 0.1) is 11.8 Å². The van der Waals surface area contributed by atoms with Crippen molar-refractivity contribution in [3.8, 4) is 45.3 Å². The van der Waals surface area contributed by atoms with Gasteiger partial charge in [-0.2, -0.15) is 0 Å². The van der Waals surface area contributed by atoms with Gasteiger partial charge in [0, 0.05) is 25.0 Å². The number of carbonyl (C=O) groups is 4. The Bertz CT molecular complexity index is 2660. The van der Waals surface area contributed by atoms with Crippen molar-refractivity contribution in [1.29, 1.82) is 0 Å². The molecule has 0 aliphatic heterocycles. The summed E-state index contributed by atoms with van der Waals surface area (Å²) < 4.78 is 33.9. The van der Waals surface area contributed by atoms with Gasteiger partial charge in [-0.3, -0.25) is 9.59 Å². The van der Waals surface area contributed by atoms with E-state index >= 15 is 0 Å². The zero-order valence-electron chi connectivity index (χ0n) is 46.8. The van der Waals surface area contributed by atoms with Crippen LogP contribution >= 0.6 is 0 Å². The van der Waals surface area contributed by atoms with E-state index in [0.717, 1.165) is 157 Å². The number of rotatable bonds is 32. The van der Waals surface area contributed by atoms with Crippen molar-refractivity contribution in [2.75, 3.05) is 26.4 Å². The van der Waals surface area contributed by atoms with Crippen LogP contribution in [0.2, 0.25) is 0 Å². The fraction of sp³-hybridized carbons (Fsp3) is 0.449. The fourth-order valence-corrected chi connectivity index (χ4v) is 11.1. The smallest absolute Gasteiger partial charge is 0.330 e. The molecular formula is C69H84O10. The van der Waals surface area contributed by atoms with E-state index in [-0.39, 0.29) is 23.9 Å². The molecule has 2 aliphatic carbocycles. The predicted molar refractivity (Wildman–Crippen MR) is 314 cm³/mol. The summed E-state index contributed by atoms with van der Waals surface area (Å²) in [5.74, 6) is 3.03. The van der Waals surface area contributed by atoms with Gasteiger partial charge in [-0.05, 0) is 221 Å². The number of benzene rings is 5. The zero-order valence-corrected chi connectivity index (χ0v) is 46.8. The van der Waals surface area contributed by atoms with Crippen LogP contribution in [0.4, 0.5) is 0 Å². The first-order valence-electron chi connectivity index (χ1n) is 29.4. The molecule has 2 fully saturated rings. The summed E-state index contributed by atoms with van der Waals surface area (Å²) in [6.07, 6.45) is 22.7. The minimum absolute atomic E-state index is 0.283. The van der Waals surface area contributed by atoms with Gasteiger partial charge in [0.15, 0.2) is 11.5 Å². The van der Waals surface area contributed by atoms with Crippen molar-refractivity contribution in [2.24, 2.45) is 11.8 Å². The Morgan fingerprint density at radius 2 is 0.835 bits per heavy atom. The second-order valence-corrected chi connectivity index (χ2v) is 21.6. The lowest BCUT2D eigenvalue weighted by atomic mass is 9.77. The van der Waals surface area contributed by atoms with E-state index in [1.165, 1.54) is 34.4 Å². The van der Waals surface area contributed by atoms with Crippen LogP contribution in [-0.4, -0.2) is 50.3 Å². The molecule has 10 heteroatoms. The van der Waals surface area contributed by atoms with Crippen LogP contribution in [0.25, 0.3) is 22.3 Å². The summed E-state index contributed by atoms with van der Waals surface area (Å²) in [5.41, 5.74) is 8.47. The van der Waals surface area contributed by atoms with Gasteiger partial charge in [-0.1, -0.05) is 105 Å². The molecule has 0 saturated heterocycles. The molecule has 2 aliphatic rings. The van der Waals surface area contributed by atoms with Gasteiger partial charge in [0.2, 0.25) is 0 Å². The van der Waals surface area contributed by atoms with Crippen LogP contribution in [0.15, 0.2) is 141 Å². The first-order valence-corrected chi connectivity index (χ1v) is 29.4. The maximum Gasteiger partial charge on any atom is 0.330 e. The molecule has 0 unspecified atom stereocenters. The van der Waals surface area contributed by atoms with Crippen molar-refractivity contribution in [2.45, 2.75) is 160 Å². The van der Waals surface area contributed by atoms with E-state index in [2.05, 4.69) is 92.9 Å². The third-order valence-electron chi connectivity index (χ3n) is 15.8. The van der Waals surface area contributed by atoms with Crippen molar-refractivity contribution in [1.82, 2.24) is 0 Å². The number of ether oxygens (including phenoxy) is 6. The molecule has 5 aromatic carbocycles. The third kappa shape index (κ3) is 20.3. The summed E-state index contributed by atoms with van der Waals surface area (Å²) in [7, 11) is 0. The number of carbonyl (C=O) groups excluding carboxylic acids is 4. The number of esters is 4. The molecule has 0 heterocycles. The third-order valence-corrected chi connectivity index (χ3v) is 15.8. The molecule has 420 valence electrons. The van der Waals surface area contributed by atoms with Crippen LogP contribution in [0.3, 0.4) is 0 Å². The molecule has 0 radical (unpaired) electrons. The fourth-order valence-electron chi connectivity index (χ4n) is 11.1. The minimum Gasteiger partial charge on any atom is -0.494 e. The Labute approximate surface area is 470 Å². The van der Waals surface area contributed by atoms with E-state index < -0.39 is 0 Å². The number of hydrogen-bond acceptors (Lipinski definition) is 10. The summed E-state index contributed by atoms with van der Waals surface area (Å²) in [6.45, 7) is 11.1. The van der Waals surface area contributed by atoms with Crippen molar-refractivity contribution in [3.05, 3.63) is 157 Å². The molecule has 0 atom stereocenters. The second-order valence-electron chi connectivity index (χ2n) is 21.6. The Morgan fingerprint density at radius 1 is 0.456 bits per heavy atom. The van der Waals surface area contributed by atoms with Gasteiger partial charge in [-0.15, -0.1) is 0 Å². The maximum atomic E-state index is 13.4. The predicted octanol–water partition coefficient (Wildman–Crippen LogP) is 16.6. The monoisotopic (exact) mass is 1070 g/mol. The largest absolute Gasteiger partial charge is 0.494 e. The molecule has 10 nitrogen and oxygen atoms in total. The van der Waals surface area contributed by atoms with E-state index in [1.54, 1.807) is 6.07 Å². The van der Waals surface area contributed by atoms with Crippen LogP contribution in [-0.2, 0) is 35.1 Å². The SMILES string of the molecule is C=CC(=O)OCCCCCCOc1ccc(-c2ccc(C3CCC(CCC(=O)Oc4ccc(CCC)cc4OC(=O)CCC4CCC(c5ccc(-c6ccc(OCCCCCCOC(=O)C=C)cc6)cc5)CC4)CC3)cc2)cc1. The highest BCUT2D eigenvalue weighted by molar-refractivity contribution is 5.81. The first kappa shape index (κ1) is 59.7. The van der Waals surface area contributed by atoms with Crippen LogP contribution in [0.1, 0.15) is 170 Å². The van der Waals surface area contributed by atoms with Crippen molar-refractivity contribution >= 4 is 23.9 Å². The quantitative estimate of drug-likeness (QED) is 0.0178. The Morgan fingerprint density at radius 3 is 1.23 bits per heavy atom. The summed E-state index contributed by atoms with van der Waals surface area (Å²) >= 11 is 0. The number of unbranched alkanes of at least 4 members (excludes halogenated alkanes) is 6. The molecule has 0 amide bonds. The molecule has 0 N–H and O–H groups in total. The van der Waals surface area contributed by atoms with E-state index in [9.17, 15) is 19.2 Å². The van der Waals surface area contributed by atoms with Crippen molar-refractivity contribution in [3.63, 3.8) is 0 Å². The Kier molecular flexibility index (Phi) is 24.8. The maximum absolute atomic E-state index is 13.4. The topological polar surface area (TPSA) is 124 Å². The zero-order chi connectivity index (χ0) is 55.4. The standard InChI is InChI=1S/C69H84O10/c1-4-15-53-20-43-64(78-68(72)44-21-51-16-23-54(24-17-51)56-27-31-58(32-28-56)60-35-39-62(40-36-60)74-46-11-7-9-13-48-76-66(70)5-2)65(50-53)79-69(73)45-22-52-18-25-55(26-19-52)57-29-33-59(34-30-57)61-37-41-63(42-38-61)75-47-12-8-10-14-49-77-67(71)6-3/h5-6,20,27-43,50-52,54-55H,2-4,7-19,21-26,44-49H2,1H3. The number of hydrogen-bond donors (Lipinski definition) is 0. The molecule has 79 heavy (non-hydrogen) atoms. The molecule has 0 spiro atoms. The minimum atomic E-state index is -0.369. The van der Waals surface area contributed by atoms with Crippen LogP contribution in [0.5, 0.6) is 23.0 Å². The van der Waals surface area contributed by atoms with Gasteiger partial charge >= 0.3 is 23.9 Å². The Balaban J connectivity index is 0.769. The lowest BCUT2D eigenvalue weighted by molar-refractivity contribution is -0.138. The van der Waals surface area contributed by atoms with Crippen molar-refractivity contribution < 1.29 is 47.6 Å². The van der Waals surface area contributed by atoms with Gasteiger partial charge in [0.25, 0.3) is 0 Å². The lowest BCUT2D eigenvalue weighted by Crippen LogP contribution is -2.17. The summed E-state index contributed by atoms with van der Waals surface area (Å²) in [5, 5.41) is 0. The van der Waals surface area contributed by atoms with E-state index in [1.807, 2.05) is 36.4 Å². The average Bonchev–Trinajstić information content (AvgIpc) is 3.50. The lowest BCUT2D eigenvalue weighted by Gasteiger charge is -2.29. The molecule has 0 aromatic heterocycles. The van der Waals surface area contributed by atoms with Crippen LogP contribution < -0.4 is 18.9 Å². The highest BCUT2D eigenvalue weighted by Gasteiger charge is 2.26. The highest BCUT2D eigenvalue weighted by Crippen LogP contribution is 2.40. The van der Waals surface area contributed by atoms with Gasteiger partial charge in [0.1, 0.15) is 11.5 Å². The summed E-state index contributed by atoms with van der Waals surface area (Å²) in [6, 6.07) is 40.1. The Hall–Kier alpha value is -6.94.